The summed E-state index contributed by atoms with van der Waals surface area (Å²) in [4.78, 5) is 23.4. The van der Waals surface area contributed by atoms with Gasteiger partial charge in [0.2, 0.25) is 0 Å². The van der Waals surface area contributed by atoms with Gasteiger partial charge in [-0.2, -0.15) is 0 Å². The Labute approximate surface area is 114 Å². The minimum absolute atomic E-state index is 0.129. The minimum atomic E-state index is -0.129. The van der Waals surface area contributed by atoms with Crippen LogP contribution in [0.4, 0.5) is 0 Å². The van der Waals surface area contributed by atoms with Gasteiger partial charge in [-0.25, -0.2) is 9.97 Å². The van der Waals surface area contributed by atoms with E-state index >= 15 is 0 Å². The maximum Gasteiger partial charge on any atom is 0.251 e. The molecule has 0 atom stereocenters. The molecule has 4 nitrogen and oxygen atoms in total. The van der Waals surface area contributed by atoms with Gasteiger partial charge < -0.3 is 4.98 Å². The normalized spacial score (nSPS) is 10.6. The van der Waals surface area contributed by atoms with E-state index in [0.29, 0.717) is 10.3 Å². The predicted molar refractivity (Wildman–Crippen MR) is 72.2 cm³/mol. The summed E-state index contributed by atoms with van der Waals surface area (Å²) < 4.78 is 0. The van der Waals surface area contributed by atoms with Crippen LogP contribution in [0.5, 0.6) is 0 Å². The summed E-state index contributed by atoms with van der Waals surface area (Å²) in [5.41, 5.74) is 0.681. The van der Waals surface area contributed by atoms with Crippen LogP contribution in [0.1, 0.15) is 19.0 Å². The van der Waals surface area contributed by atoms with Crippen molar-refractivity contribution < 1.29 is 0 Å². The highest BCUT2D eigenvalue weighted by Crippen LogP contribution is 2.25. The third-order valence-electron chi connectivity index (χ3n) is 2.19. The van der Waals surface area contributed by atoms with Gasteiger partial charge in [-0.3, -0.25) is 4.79 Å². The van der Waals surface area contributed by atoms with E-state index in [2.05, 4.69) is 21.9 Å². The first kappa shape index (κ1) is 13.1. The van der Waals surface area contributed by atoms with Crippen LogP contribution in [0, 0.1) is 0 Å². The monoisotopic (exact) mass is 281 g/mol. The van der Waals surface area contributed by atoms with Gasteiger partial charge in [-0.15, -0.1) is 0 Å². The highest BCUT2D eigenvalue weighted by atomic mass is 35.5. The van der Waals surface area contributed by atoms with Crippen molar-refractivity contribution in [2.75, 3.05) is 0 Å². The average Bonchev–Trinajstić information content (AvgIpc) is 2.28. The zero-order chi connectivity index (χ0) is 13.0. The number of rotatable bonds is 4. The number of aryl methyl sites for hydroxylation is 1. The van der Waals surface area contributed by atoms with Gasteiger partial charge >= 0.3 is 0 Å². The molecule has 0 spiro atoms. The first-order valence-electron chi connectivity index (χ1n) is 5.57. The number of aromatic amines is 1. The number of pyridine rings is 1. The number of aromatic nitrogens is 3. The van der Waals surface area contributed by atoms with Gasteiger partial charge in [0, 0.05) is 22.9 Å². The summed E-state index contributed by atoms with van der Waals surface area (Å²) in [6, 6.07) is 5.09. The minimum Gasteiger partial charge on any atom is -0.301 e. The molecule has 94 valence electrons. The quantitative estimate of drug-likeness (QED) is 0.691. The van der Waals surface area contributed by atoms with Crippen molar-refractivity contribution in [2.24, 2.45) is 0 Å². The third kappa shape index (κ3) is 3.58. The van der Waals surface area contributed by atoms with Crippen LogP contribution in [0.15, 0.2) is 39.2 Å². The Hall–Kier alpha value is -1.33. The van der Waals surface area contributed by atoms with Crippen LogP contribution in [0.2, 0.25) is 5.15 Å². The van der Waals surface area contributed by atoms with Crippen LogP contribution >= 0.6 is 23.4 Å². The molecule has 0 saturated carbocycles. The fourth-order valence-electron chi connectivity index (χ4n) is 1.48. The van der Waals surface area contributed by atoms with Crippen LogP contribution in [-0.2, 0) is 6.42 Å². The lowest BCUT2D eigenvalue weighted by molar-refractivity contribution is 0.816. The molecule has 0 radical (unpaired) electrons. The topological polar surface area (TPSA) is 58.6 Å². The first-order chi connectivity index (χ1) is 8.67. The fraction of sp³-hybridized carbons (Fsp3) is 0.250. The zero-order valence-corrected chi connectivity index (χ0v) is 11.4. The summed E-state index contributed by atoms with van der Waals surface area (Å²) in [6.45, 7) is 2.05. The van der Waals surface area contributed by atoms with Crippen molar-refractivity contribution in [2.45, 2.75) is 29.8 Å². The van der Waals surface area contributed by atoms with Gasteiger partial charge in [-0.1, -0.05) is 36.7 Å². The van der Waals surface area contributed by atoms with E-state index in [0.717, 1.165) is 23.4 Å². The van der Waals surface area contributed by atoms with Crippen LogP contribution in [-0.4, -0.2) is 15.0 Å². The SMILES string of the molecule is CCCc1cc(=O)[nH]c(Sc2ccnc(Cl)c2)n1. The van der Waals surface area contributed by atoms with Crippen molar-refractivity contribution in [3.05, 3.63) is 45.6 Å². The first-order valence-corrected chi connectivity index (χ1v) is 6.76. The number of H-pyrrole nitrogens is 1. The van der Waals surface area contributed by atoms with Crippen molar-refractivity contribution >= 4 is 23.4 Å². The van der Waals surface area contributed by atoms with Crippen LogP contribution < -0.4 is 5.56 Å². The van der Waals surface area contributed by atoms with E-state index in [9.17, 15) is 4.79 Å². The lowest BCUT2D eigenvalue weighted by atomic mass is 10.2. The Morgan fingerprint density at radius 3 is 3.00 bits per heavy atom. The van der Waals surface area contributed by atoms with Crippen LogP contribution in [0.3, 0.4) is 0 Å². The number of nitrogens with one attached hydrogen (secondary N) is 1. The van der Waals surface area contributed by atoms with Crippen LogP contribution in [0.25, 0.3) is 0 Å². The molecule has 0 fully saturated rings. The molecule has 6 heteroatoms. The Bertz CT molecular complexity index is 600. The molecule has 0 saturated heterocycles. The molecule has 0 bridgehead atoms. The Morgan fingerprint density at radius 2 is 2.28 bits per heavy atom. The highest BCUT2D eigenvalue weighted by molar-refractivity contribution is 7.99. The second-order valence-corrected chi connectivity index (χ2v) is 5.16. The number of nitrogens with zero attached hydrogens (tertiary/aromatic N) is 2. The molecule has 2 aromatic rings. The average molecular weight is 282 g/mol. The maximum atomic E-state index is 11.5. The summed E-state index contributed by atoms with van der Waals surface area (Å²) >= 11 is 7.17. The largest absolute Gasteiger partial charge is 0.301 e. The van der Waals surface area contributed by atoms with E-state index in [1.807, 2.05) is 6.07 Å². The molecule has 0 aliphatic carbocycles. The second kappa shape index (κ2) is 6.02. The highest BCUT2D eigenvalue weighted by Gasteiger charge is 2.04. The predicted octanol–water partition coefficient (Wildman–Crippen LogP) is 2.92. The molecular weight excluding hydrogens is 270 g/mol. The number of hydrogen-bond donors (Lipinski definition) is 1. The van der Waals surface area contributed by atoms with E-state index in [1.54, 1.807) is 12.3 Å². The number of hydrogen-bond acceptors (Lipinski definition) is 4. The van der Waals surface area contributed by atoms with Gasteiger partial charge in [0.15, 0.2) is 5.16 Å². The van der Waals surface area contributed by atoms with Gasteiger partial charge in [0.05, 0.1) is 0 Å². The molecule has 0 amide bonds. The number of halogens is 1. The Kier molecular flexibility index (Phi) is 4.38. The lowest BCUT2D eigenvalue weighted by Crippen LogP contribution is -2.09. The van der Waals surface area contributed by atoms with Crippen molar-refractivity contribution in [1.29, 1.82) is 0 Å². The molecule has 2 heterocycles. The third-order valence-corrected chi connectivity index (χ3v) is 3.27. The maximum absolute atomic E-state index is 11.5. The lowest BCUT2D eigenvalue weighted by Gasteiger charge is -2.03. The fourth-order valence-corrected chi connectivity index (χ4v) is 2.55. The van der Waals surface area contributed by atoms with Gasteiger partial charge in [-0.05, 0) is 18.6 Å². The molecule has 0 aromatic carbocycles. The zero-order valence-electron chi connectivity index (χ0n) is 9.81. The van der Waals surface area contributed by atoms with E-state index in [-0.39, 0.29) is 5.56 Å². The molecule has 2 rings (SSSR count). The molecule has 1 N–H and O–H groups in total. The molecule has 2 aromatic heterocycles. The Morgan fingerprint density at radius 1 is 1.44 bits per heavy atom. The summed E-state index contributed by atoms with van der Waals surface area (Å²) in [6.07, 6.45) is 3.38. The van der Waals surface area contributed by atoms with E-state index in [4.69, 9.17) is 11.6 Å². The summed E-state index contributed by atoms with van der Waals surface area (Å²) in [7, 11) is 0. The van der Waals surface area contributed by atoms with Gasteiger partial charge in [0.25, 0.3) is 5.56 Å². The van der Waals surface area contributed by atoms with Crippen molar-refractivity contribution in [1.82, 2.24) is 15.0 Å². The van der Waals surface area contributed by atoms with Crippen molar-refractivity contribution in [3.63, 3.8) is 0 Å². The molecule has 0 unspecified atom stereocenters. The molecule has 0 aliphatic rings. The van der Waals surface area contributed by atoms with Crippen molar-refractivity contribution in [3.8, 4) is 0 Å². The summed E-state index contributed by atoms with van der Waals surface area (Å²) in [5.74, 6) is 0. The van der Waals surface area contributed by atoms with E-state index < -0.39 is 0 Å². The smallest absolute Gasteiger partial charge is 0.251 e. The molecular formula is C12H12ClN3OS. The van der Waals surface area contributed by atoms with Gasteiger partial charge in [0.1, 0.15) is 5.15 Å². The molecule has 18 heavy (non-hydrogen) atoms. The standard InChI is InChI=1S/C12H12ClN3OS/c1-2-3-8-6-11(17)16-12(15-8)18-9-4-5-14-10(13)7-9/h4-7H,2-3H2,1H3,(H,15,16,17). The summed E-state index contributed by atoms with van der Waals surface area (Å²) in [5, 5.41) is 1.00. The second-order valence-electron chi connectivity index (χ2n) is 3.71. The van der Waals surface area contributed by atoms with E-state index in [1.165, 1.54) is 17.8 Å². The Balaban J connectivity index is 2.26. The molecule has 0 aliphatic heterocycles.